The molecule has 0 saturated heterocycles. The maximum absolute atomic E-state index is 10.4. The van der Waals surface area contributed by atoms with Gasteiger partial charge in [0, 0.05) is 51.3 Å². The second kappa shape index (κ2) is 9.76. The number of ether oxygens (including phenoxy) is 2. The molecule has 1 aromatic carbocycles. The predicted octanol–water partition coefficient (Wildman–Crippen LogP) is 3.30. The summed E-state index contributed by atoms with van der Waals surface area (Å²) < 4.78 is 12.1. The van der Waals surface area contributed by atoms with Gasteiger partial charge >= 0.3 is 0 Å². The van der Waals surface area contributed by atoms with Crippen molar-refractivity contribution in [2.75, 3.05) is 54.5 Å². The van der Waals surface area contributed by atoms with E-state index in [-0.39, 0.29) is 11.5 Å². The summed E-state index contributed by atoms with van der Waals surface area (Å²) in [5.74, 6) is 3.69. The highest BCUT2D eigenvalue weighted by Crippen LogP contribution is 2.55. The van der Waals surface area contributed by atoms with E-state index in [1.807, 2.05) is 12.1 Å². The largest absolute Gasteiger partial charge is 0.493 e. The van der Waals surface area contributed by atoms with E-state index in [2.05, 4.69) is 54.5 Å². The molecule has 0 bridgehead atoms. The Kier molecular flexibility index (Phi) is 6.68. The number of benzene rings is 1. The topological polar surface area (TPSA) is 87.1 Å². The van der Waals surface area contributed by atoms with Crippen molar-refractivity contribution in [1.29, 1.82) is 0 Å². The summed E-state index contributed by atoms with van der Waals surface area (Å²) in [6, 6.07) is 4.12. The minimum absolute atomic E-state index is 0.127. The smallest absolute Gasteiger partial charge is 0.232 e. The average Bonchev–Trinajstić information content (AvgIpc) is 3.12. The van der Waals surface area contributed by atoms with Crippen LogP contribution in [0.2, 0.25) is 0 Å². The zero-order valence-corrected chi connectivity index (χ0v) is 22.1. The fourth-order valence-corrected chi connectivity index (χ4v) is 5.89. The molecule has 194 valence electrons. The normalized spacial score (nSPS) is 24.0. The Bertz CT molecular complexity index is 1100. The maximum Gasteiger partial charge on any atom is 0.232 e. The molecular weight excluding hydrogens is 456 g/mol. The maximum atomic E-state index is 10.4. The molecule has 0 amide bonds. The lowest BCUT2D eigenvalue weighted by molar-refractivity contribution is 0.0856. The molecule has 3 unspecified atom stereocenters. The van der Waals surface area contributed by atoms with Crippen LogP contribution in [-0.2, 0) is 12.0 Å². The Morgan fingerprint density at radius 2 is 1.72 bits per heavy atom. The second-order valence-corrected chi connectivity index (χ2v) is 9.69. The molecule has 0 fully saturated rings. The van der Waals surface area contributed by atoms with E-state index in [4.69, 9.17) is 24.4 Å². The van der Waals surface area contributed by atoms with E-state index in [9.17, 15) is 5.11 Å². The monoisotopic (exact) mass is 494 g/mol. The van der Waals surface area contributed by atoms with Crippen LogP contribution in [0.3, 0.4) is 0 Å². The van der Waals surface area contributed by atoms with Crippen molar-refractivity contribution in [1.82, 2.24) is 15.0 Å². The van der Waals surface area contributed by atoms with E-state index in [1.54, 1.807) is 7.11 Å². The third-order valence-electron chi connectivity index (χ3n) is 7.93. The molecule has 2 aromatic rings. The number of hydrogen-bond donors (Lipinski definition) is 1. The van der Waals surface area contributed by atoms with Gasteiger partial charge < -0.3 is 29.3 Å². The first kappa shape index (κ1) is 24.6. The van der Waals surface area contributed by atoms with Crippen LogP contribution in [0, 0.1) is 0 Å². The second-order valence-electron chi connectivity index (χ2n) is 9.69. The fourth-order valence-electron chi connectivity index (χ4n) is 5.89. The van der Waals surface area contributed by atoms with Crippen molar-refractivity contribution >= 4 is 17.8 Å². The Labute approximate surface area is 213 Å². The van der Waals surface area contributed by atoms with E-state index in [0.717, 1.165) is 62.5 Å². The molecule has 0 radical (unpaired) electrons. The minimum Gasteiger partial charge on any atom is -0.493 e. The lowest BCUT2D eigenvalue weighted by atomic mass is 9.69. The number of rotatable bonds is 8. The van der Waals surface area contributed by atoms with Crippen LogP contribution in [0.5, 0.6) is 11.5 Å². The highest BCUT2D eigenvalue weighted by atomic mass is 16.5. The standard InChI is InChI=1S/C27H38N6O3/c1-6-31(7-2)24-28-25(32(8-3)9-4)30-26(29-24)33-15-14-27-13-12-19(34)16-21(27)36-23-20(35-5)11-10-18(17-33)22(23)27/h10-13,19,21,34H,6-9,14-17H2,1-5H3. The van der Waals surface area contributed by atoms with E-state index >= 15 is 0 Å². The van der Waals surface area contributed by atoms with Crippen molar-refractivity contribution in [3.05, 3.63) is 35.4 Å². The van der Waals surface area contributed by atoms with Crippen LogP contribution in [0.4, 0.5) is 17.8 Å². The van der Waals surface area contributed by atoms with Crippen molar-refractivity contribution in [3.8, 4) is 11.5 Å². The van der Waals surface area contributed by atoms with E-state index < -0.39 is 6.10 Å². The molecule has 2 aliphatic heterocycles. The summed E-state index contributed by atoms with van der Waals surface area (Å²) in [5.41, 5.74) is 2.06. The Morgan fingerprint density at radius 1 is 1.06 bits per heavy atom. The zero-order chi connectivity index (χ0) is 25.4. The van der Waals surface area contributed by atoms with Gasteiger partial charge in [0.2, 0.25) is 17.8 Å². The summed E-state index contributed by atoms with van der Waals surface area (Å²) >= 11 is 0. The van der Waals surface area contributed by atoms with Crippen LogP contribution in [0.1, 0.15) is 51.7 Å². The first-order valence-corrected chi connectivity index (χ1v) is 13.2. The van der Waals surface area contributed by atoms with Gasteiger partial charge in [-0.1, -0.05) is 18.2 Å². The van der Waals surface area contributed by atoms with Gasteiger partial charge in [-0.05, 0) is 45.7 Å². The SMILES string of the molecule is CCN(CC)c1nc(N(CC)CC)nc(N2CCC34C=CC(O)CC3Oc3c(OC)ccc(c34)C2)n1. The van der Waals surface area contributed by atoms with Crippen LogP contribution >= 0.6 is 0 Å². The minimum atomic E-state index is -0.500. The Morgan fingerprint density at radius 3 is 2.33 bits per heavy atom. The number of methoxy groups -OCH3 is 1. The molecule has 36 heavy (non-hydrogen) atoms. The summed E-state index contributed by atoms with van der Waals surface area (Å²) in [5, 5.41) is 10.4. The van der Waals surface area contributed by atoms with Crippen molar-refractivity contribution < 1.29 is 14.6 Å². The molecule has 3 atom stereocenters. The summed E-state index contributed by atoms with van der Waals surface area (Å²) in [7, 11) is 1.68. The third-order valence-corrected chi connectivity index (χ3v) is 7.93. The summed E-state index contributed by atoms with van der Waals surface area (Å²) in [6.45, 7) is 13.3. The van der Waals surface area contributed by atoms with Gasteiger partial charge in [0.1, 0.15) is 6.10 Å². The molecule has 3 heterocycles. The molecule has 1 N–H and O–H groups in total. The van der Waals surface area contributed by atoms with Crippen molar-refractivity contribution in [2.24, 2.45) is 0 Å². The van der Waals surface area contributed by atoms with Crippen molar-refractivity contribution in [2.45, 2.75) is 64.7 Å². The number of anilines is 3. The first-order chi connectivity index (χ1) is 17.5. The van der Waals surface area contributed by atoms with E-state index in [1.165, 1.54) is 11.1 Å². The first-order valence-electron chi connectivity index (χ1n) is 13.2. The van der Waals surface area contributed by atoms with E-state index in [0.29, 0.717) is 18.9 Å². The summed E-state index contributed by atoms with van der Waals surface area (Å²) in [6.07, 6.45) is 4.87. The quantitative estimate of drug-likeness (QED) is 0.556. The Balaban J connectivity index is 1.61. The molecule has 3 aliphatic rings. The van der Waals surface area contributed by atoms with Crippen LogP contribution in [0.15, 0.2) is 24.3 Å². The lowest BCUT2D eigenvalue weighted by Gasteiger charge is -2.35. The number of aliphatic hydroxyl groups is 1. The number of aliphatic hydroxyl groups excluding tert-OH is 1. The molecule has 0 saturated carbocycles. The van der Waals surface area contributed by atoms with Gasteiger partial charge in [0.15, 0.2) is 11.5 Å². The molecule has 9 nitrogen and oxygen atoms in total. The van der Waals surface area contributed by atoms with Crippen LogP contribution in [-0.4, -0.2) is 72.1 Å². The lowest BCUT2D eigenvalue weighted by Crippen LogP contribution is -2.43. The van der Waals surface area contributed by atoms with Gasteiger partial charge in [-0.15, -0.1) is 0 Å². The van der Waals surface area contributed by atoms with Gasteiger partial charge in [-0.2, -0.15) is 15.0 Å². The fraction of sp³-hybridized carbons (Fsp3) is 0.593. The van der Waals surface area contributed by atoms with Gasteiger partial charge in [-0.25, -0.2) is 0 Å². The number of nitrogens with zero attached hydrogens (tertiary/aromatic N) is 6. The highest BCUT2D eigenvalue weighted by Gasteiger charge is 2.53. The molecular formula is C27H38N6O3. The molecule has 1 aromatic heterocycles. The highest BCUT2D eigenvalue weighted by molar-refractivity contribution is 5.62. The average molecular weight is 495 g/mol. The molecule has 5 rings (SSSR count). The zero-order valence-electron chi connectivity index (χ0n) is 22.1. The third kappa shape index (κ3) is 3.93. The van der Waals surface area contributed by atoms with Crippen LogP contribution < -0.4 is 24.2 Å². The molecule has 9 heteroatoms. The van der Waals surface area contributed by atoms with Crippen molar-refractivity contribution in [3.63, 3.8) is 0 Å². The molecule has 1 aliphatic carbocycles. The Hall–Kier alpha value is -3.07. The number of aromatic nitrogens is 3. The summed E-state index contributed by atoms with van der Waals surface area (Å²) in [4.78, 5) is 21.4. The predicted molar refractivity (Wildman–Crippen MR) is 141 cm³/mol. The molecule has 1 spiro atoms. The number of hydrogen-bond acceptors (Lipinski definition) is 9. The van der Waals surface area contributed by atoms with Gasteiger partial charge in [-0.3, -0.25) is 0 Å². The van der Waals surface area contributed by atoms with Gasteiger partial charge in [0.25, 0.3) is 0 Å². The van der Waals surface area contributed by atoms with Crippen LogP contribution in [0.25, 0.3) is 0 Å². The van der Waals surface area contributed by atoms with Gasteiger partial charge in [0.05, 0.1) is 18.6 Å².